The number of nitrogens with one attached hydrogen (secondary N) is 1. The van der Waals surface area contributed by atoms with Crippen LogP contribution in [0.1, 0.15) is 5.56 Å². The maximum Gasteiger partial charge on any atom is 0.0637 e. The molecule has 1 aromatic carbocycles. The van der Waals surface area contributed by atoms with Gasteiger partial charge in [-0.15, -0.1) is 11.6 Å². The van der Waals surface area contributed by atoms with Gasteiger partial charge in [-0.1, -0.05) is 35.3 Å². The predicted molar refractivity (Wildman–Crippen MR) is 69.7 cm³/mol. The number of alkyl halides is 1. The number of benzene rings is 1. The third-order valence-electron chi connectivity index (χ3n) is 2.17. The summed E-state index contributed by atoms with van der Waals surface area (Å²) in [5.41, 5.74) is 0.959. The van der Waals surface area contributed by atoms with Crippen LogP contribution < -0.4 is 5.32 Å². The Morgan fingerprint density at radius 3 is 2.75 bits per heavy atom. The number of ether oxygens (including phenoxy) is 1. The van der Waals surface area contributed by atoms with Gasteiger partial charge in [0.05, 0.1) is 16.7 Å². The van der Waals surface area contributed by atoms with E-state index in [1.807, 2.05) is 12.1 Å². The third kappa shape index (κ3) is 4.11. The van der Waals surface area contributed by atoms with E-state index in [4.69, 9.17) is 39.5 Å². The van der Waals surface area contributed by atoms with Gasteiger partial charge in [-0.05, 0) is 11.6 Å². The summed E-state index contributed by atoms with van der Waals surface area (Å²) in [7, 11) is 1.65. The minimum atomic E-state index is 0.113. The normalized spacial score (nSPS) is 12.8. The first kappa shape index (κ1) is 14.1. The van der Waals surface area contributed by atoms with Gasteiger partial charge in [0.2, 0.25) is 0 Å². The summed E-state index contributed by atoms with van der Waals surface area (Å²) in [4.78, 5) is 0. The van der Waals surface area contributed by atoms with Gasteiger partial charge in [-0.25, -0.2) is 0 Å². The summed E-state index contributed by atoms with van der Waals surface area (Å²) >= 11 is 17.8. The topological polar surface area (TPSA) is 21.3 Å². The van der Waals surface area contributed by atoms with Crippen LogP contribution in [0.4, 0.5) is 0 Å². The van der Waals surface area contributed by atoms with E-state index in [9.17, 15) is 0 Å². The molecule has 0 aromatic heterocycles. The molecule has 90 valence electrons. The minimum Gasteiger partial charge on any atom is -0.383 e. The molecule has 1 rings (SSSR count). The molecule has 2 nitrogen and oxygen atoms in total. The molecule has 0 fully saturated rings. The van der Waals surface area contributed by atoms with Crippen molar-refractivity contribution in [3.05, 3.63) is 33.8 Å². The molecule has 5 heteroatoms. The lowest BCUT2D eigenvalue weighted by atomic mass is 10.2. The molecule has 1 unspecified atom stereocenters. The molecule has 0 aliphatic carbocycles. The molecular formula is C11H14Cl3NO. The molecule has 16 heavy (non-hydrogen) atoms. The van der Waals surface area contributed by atoms with E-state index >= 15 is 0 Å². The van der Waals surface area contributed by atoms with Crippen LogP contribution in [0.15, 0.2) is 18.2 Å². The molecule has 0 amide bonds. The largest absolute Gasteiger partial charge is 0.383 e. The first-order valence-corrected chi connectivity index (χ1v) is 6.19. The second-order valence-corrected chi connectivity index (χ2v) is 4.49. The Labute approximate surface area is 111 Å². The fraction of sp³-hybridized carbons (Fsp3) is 0.455. The average molecular weight is 283 g/mol. The van der Waals surface area contributed by atoms with E-state index in [-0.39, 0.29) is 6.04 Å². The lowest BCUT2D eigenvalue weighted by molar-refractivity contribution is 0.172. The first-order valence-electron chi connectivity index (χ1n) is 4.90. The van der Waals surface area contributed by atoms with Crippen molar-refractivity contribution < 1.29 is 4.74 Å². The summed E-state index contributed by atoms with van der Waals surface area (Å²) in [5.74, 6) is 0.492. The van der Waals surface area contributed by atoms with Gasteiger partial charge in [0.1, 0.15) is 0 Å². The summed E-state index contributed by atoms with van der Waals surface area (Å²) in [5, 5.41) is 4.41. The number of hydrogen-bond donors (Lipinski definition) is 1. The lowest BCUT2D eigenvalue weighted by Crippen LogP contribution is -2.34. The minimum absolute atomic E-state index is 0.113. The highest BCUT2D eigenvalue weighted by molar-refractivity contribution is 6.42. The fourth-order valence-electron chi connectivity index (χ4n) is 1.30. The number of hydrogen-bond acceptors (Lipinski definition) is 2. The van der Waals surface area contributed by atoms with Crippen molar-refractivity contribution in [3.63, 3.8) is 0 Å². The number of rotatable bonds is 6. The van der Waals surface area contributed by atoms with Crippen LogP contribution in [0.5, 0.6) is 0 Å². The zero-order valence-electron chi connectivity index (χ0n) is 8.97. The van der Waals surface area contributed by atoms with E-state index in [1.54, 1.807) is 13.2 Å². The van der Waals surface area contributed by atoms with E-state index in [2.05, 4.69) is 5.32 Å². The molecule has 1 aromatic rings. The maximum absolute atomic E-state index is 6.06. The molecule has 1 N–H and O–H groups in total. The van der Waals surface area contributed by atoms with Crippen LogP contribution >= 0.6 is 34.8 Å². The van der Waals surface area contributed by atoms with Crippen molar-refractivity contribution in [1.29, 1.82) is 0 Å². The van der Waals surface area contributed by atoms with Gasteiger partial charge in [-0.3, -0.25) is 0 Å². The number of methoxy groups -OCH3 is 1. The average Bonchev–Trinajstić information content (AvgIpc) is 2.29. The summed E-state index contributed by atoms with van der Waals surface area (Å²) in [6, 6.07) is 5.68. The van der Waals surface area contributed by atoms with Crippen LogP contribution in [0.3, 0.4) is 0 Å². The third-order valence-corrected chi connectivity index (χ3v) is 3.40. The van der Waals surface area contributed by atoms with Crippen molar-refractivity contribution in [2.75, 3.05) is 19.6 Å². The molecule has 0 heterocycles. The van der Waals surface area contributed by atoms with Gasteiger partial charge in [-0.2, -0.15) is 0 Å². The fourth-order valence-corrected chi connectivity index (χ4v) is 1.88. The SMILES string of the molecule is COCC(CCl)NCc1cccc(Cl)c1Cl. The van der Waals surface area contributed by atoms with Crippen LogP contribution in [0, 0.1) is 0 Å². The molecule has 1 atom stereocenters. The van der Waals surface area contributed by atoms with E-state index in [0.29, 0.717) is 29.1 Å². The van der Waals surface area contributed by atoms with Crippen LogP contribution in [-0.2, 0) is 11.3 Å². The molecule has 0 bridgehead atoms. The standard InChI is InChI=1S/C11H14Cl3NO/c1-16-7-9(5-12)15-6-8-3-2-4-10(13)11(8)14/h2-4,9,15H,5-7H2,1H3. The zero-order chi connectivity index (χ0) is 12.0. The Hall–Kier alpha value is 0.01000. The van der Waals surface area contributed by atoms with Gasteiger partial charge < -0.3 is 10.1 Å². The van der Waals surface area contributed by atoms with Gasteiger partial charge in [0.25, 0.3) is 0 Å². The second-order valence-electron chi connectivity index (χ2n) is 3.40. The van der Waals surface area contributed by atoms with Crippen LogP contribution in [-0.4, -0.2) is 25.6 Å². The summed E-state index contributed by atoms with van der Waals surface area (Å²) in [6.07, 6.45) is 0. The Kier molecular flexibility index (Phi) is 6.47. The van der Waals surface area contributed by atoms with E-state index in [0.717, 1.165) is 5.56 Å². The summed E-state index contributed by atoms with van der Waals surface area (Å²) < 4.78 is 5.03. The van der Waals surface area contributed by atoms with Crippen molar-refractivity contribution in [1.82, 2.24) is 5.32 Å². The lowest BCUT2D eigenvalue weighted by Gasteiger charge is -2.15. The summed E-state index contributed by atoms with van der Waals surface area (Å²) in [6.45, 7) is 1.20. The van der Waals surface area contributed by atoms with E-state index in [1.165, 1.54) is 0 Å². The van der Waals surface area contributed by atoms with Crippen LogP contribution in [0.25, 0.3) is 0 Å². The molecule has 0 aliphatic heterocycles. The van der Waals surface area contributed by atoms with Gasteiger partial charge >= 0.3 is 0 Å². The predicted octanol–water partition coefficient (Wildman–Crippen LogP) is 3.34. The van der Waals surface area contributed by atoms with Crippen molar-refractivity contribution in [2.45, 2.75) is 12.6 Å². The quantitative estimate of drug-likeness (QED) is 0.808. The molecule has 0 radical (unpaired) electrons. The highest BCUT2D eigenvalue weighted by Crippen LogP contribution is 2.25. The van der Waals surface area contributed by atoms with Crippen LogP contribution in [0.2, 0.25) is 10.0 Å². The Bertz CT molecular complexity index is 333. The highest BCUT2D eigenvalue weighted by Gasteiger charge is 2.08. The number of halogens is 3. The van der Waals surface area contributed by atoms with Crippen molar-refractivity contribution in [3.8, 4) is 0 Å². The molecule has 0 aliphatic rings. The molecule has 0 saturated carbocycles. The van der Waals surface area contributed by atoms with E-state index < -0.39 is 0 Å². The highest BCUT2D eigenvalue weighted by atomic mass is 35.5. The Morgan fingerprint density at radius 2 is 2.12 bits per heavy atom. The van der Waals surface area contributed by atoms with Gasteiger partial charge in [0, 0.05) is 25.6 Å². The first-order chi connectivity index (χ1) is 7.69. The molecular weight excluding hydrogens is 268 g/mol. The zero-order valence-corrected chi connectivity index (χ0v) is 11.2. The van der Waals surface area contributed by atoms with Crippen molar-refractivity contribution in [2.24, 2.45) is 0 Å². The van der Waals surface area contributed by atoms with Crippen molar-refractivity contribution >= 4 is 34.8 Å². The monoisotopic (exact) mass is 281 g/mol. The Balaban J connectivity index is 2.56. The second kappa shape index (κ2) is 7.36. The molecule has 0 saturated heterocycles. The maximum atomic E-state index is 6.06. The molecule has 0 spiro atoms. The Morgan fingerprint density at radius 1 is 1.38 bits per heavy atom. The smallest absolute Gasteiger partial charge is 0.0637 e. The van der Waals surface area contributed by atoms with Gasteiger partial charge in [0.15, 0.2) is 0 Å².